The van der Waals surface area contributed by atoms with Crippen LogP contribution in [0.15, 0.2) is 35.1 Å². The number of rotatable bonds is 5. The molecule has 0 aromatic carbocycles. The number of hydrogen-bond donors (Lipinski definition) is 0. The van der Waals surface area contributed by atoms with E-state index in [-0.39, 0.29) is 11.9 Å². The maximum atomic E-state index is 12.1. The van der Waals surface area contributed by atoms with Crippen LogP contribution in [-0.4, -0.2) is 44.8 Å². The minimum Gasteiger partial charge on any atom is -0.444 e. The minimum atomic E-state index is 0.0618. The highest BCUT2D eigenvalue weighted by molar-refractivity contribution is 5.73. The Morgan fingerprint density at radius 3 is 2.96 bits per heavy atom. The molecule has 24 heavy (non-hydrogen) atoms. The molecule has 6 nitrogen and oxygen atoms in total. The third kappa shape index (κ3) is 3.64. The molecule has 0 spiro atoms. The third-order valence-electron chi connectivity index (χ3n) is 4.73. The maximum absolute atomic E-state index is 12.1. The van der Waals surface area contributed by atoms with Crippen molar-refractivity contribution in [3.8, 4) is 0 Å². The van der Waals surface area contributed by atoms with Crippen LogP contribution in [0.2, 0.25) is 0 Å². The fourth-order valence-corrected chi connectivity index (χ4v) is 3.33. The van der Waals surface area contributed by atoms with E-state index < -0.39 is 0 Å². The fraction of sp³-hybridized carbons (Fsp3) is 0.500. The van der Waals surface area contributed by atoms with Gasteiger partial charge in [0.15, 0.2) is 0 Å². The Hall–Kier alpha value is -2.21. The molecule has 128 valence electrons. The summed E-state index contributed by atoms with van der Waals surface area (Å²) in [5.74, 6) is 1.43. The smallest absolute Gasteiger partial charge is 0.220 e. The van der Waals surface area contributed by atoms with Gasteiger partial charge in [-0.15, -0.1) is 0 Å². The normalized spacial score (nSPS) is 19.4. The van der Waals surface area contributed by atoms with E-state index in [1.165, 1.54) is 5.56 Å². The van der Waals surface area contributed by atoms with Gasteiger partial charge in [0.2, 0.25) is 11.8 Å². The fourth-order valence-electron chi connectivity index (χ4n) is 3.33. The number of amides is 1. The van der Waals surface area contributed by atoms with Crippen LogP contribution in [0.1, 0.15) is 43.5 Å². The molecule has 3 heterocycles. The summed E-state index contributed by atoms with van der Waals surface area (Å²) in [7, 11) is 0. The molecule has 0 radical (unpaired) electrons. The monoisotopic (exact) mass is 328 g/mol. The summed E-state index contributed by atoms with van der Waals surface area (Å²) in [4.78, 5) is 24.8. The summed E-state index contributed by atoms with van der Waals surface area (Å²) >= 11 is 0. The molecule has 0 unspecified atom stereocenters. The van der Waals surface area contributed by atoms with Gasteiger partial charge >= 0.3 is 0 Å². The average molecular weight is 328 g/mol. The number of oxazole rings is 1. The van der Waals surface area contributed by atoms with Crippen molar-refractivity contribution in [3.63, 3.8) is 0 Å². The Labute approximate surface area is 142 Å². The molecule has 1 aliphatic heterocycles. The van der Waals surface area contributed by atoms with Gasteiger partial charge in [-0.3, -0.25) is 14.7 Å². The minimum absolute atomic E-state index is 0.0618. The van der Waals surface area contributed by atoms with E-state index in [4.69, 9.17) is 4.42 Å². The first-order chi connectivity index (χ1) is 11.5. The van der Waals surface area contributed by atoms with Crippen LogP contribution in [-0.2, 0) is 11.3 Å². The van der Waals surface area contributed by atoms with Gasteiger partial charge < -0.3 is 9.32 Å². The highest BCUT2D eigenvalue weighted by atomic mass is 16.4. The average Bonchev–Trinajstić information content (AvgIpc) is 3.21. The summed E-state index contributed by atoms with van der Waals surface area (Å²) in [5, 5.41) is 0. The van der Waals surface area contributed by atoms with Crippen LogP contribution >= 0.6 is 0 Å². The SMILES string of the molecule is CC(=O)N(Cc1ncc(C)o1)[C@H]1CCN([C@H](C)c2cccnc2)C1. The van der Waals surface area contributed by atoms with Crippen LogP contribution < -0.4 is 0 Å². The van der Waals surface area contributed by atoms with Crippen molar-refractivity contribution in [2.24, 2.45) is 0 Å². The summed E-state index contributed by atoms with van der Waals surface area (Å²) in [6.07, 6.45) is 6.36. The van der Waals surface area contributed by atoms with E-state index in [2.05, 4.69) is 27.9 Å². The van der Waals surface area contributed by atoms with Crippen molar-refractivity contribution in [1.29, 1.82) is 0 Å². The lowest BCUT2D eigenvalue weighted by molar-refractivity contribution is -0.132. The summed E-state index contributed by atoms with van der Waals surface area (Å²) in [6, 6.07) is 4.55. The van der Waals surface area contributed by atoms with Crippen molar-refractivity contribution in [3.05, 3.63) is 47.9 Å². The first-order valence-corrected chi connectivity index (χ1v) is 8.37. The Morgan fingerprint density at radius 2 is 2.33 bits per heavy atom. The second-order valence-corrected chi connectivity index (χ2v) is 6.41. The molecule has 3 rings (SSSR count). The number of carbonyl (C=O) groups is 1. The van der Waals surface area contributed by atoms with Gasteiger partial charge in [0.1, 0.15) is 5.76 Å². The van der Waals surface area contributed by atoms with E-state index in [0.717, 1.165) is 25.3 Å². The second-order valence-electron chi connectivity index (χ2n) is 6.41. The van der Waals surface area contributed by atoms with Crippen molar-refractivity contribution in [1.82, 2.24) is 19.8 Å². The van der Waals surface area contributed by atoms with Crippen LogP contribution in [0.3, 0.4) is 0 Å². The number of pyridine rings is 1. The molecule has 1 aliphatic rings. The number of hydrogen-bond acceptors (Lipinski definition) is 5. The largest absolute Gasteiger partial charge is 0.444 e. The quantitative estimate of drug-likeness (QED) is 0.844. The molecule has 2 atom stereocenters. The molecule has 1 amide bonds. The lowest BCUT2D eigenvalue weighted by Gasteiger charge is -2.29. The number of likely N-dealkylation sites (tertiary alicyclic amines) is 1. The summed E-state index contributed by atoms with van der Waals surface area (Å²) in [5.41, 5.74) is 1.20. The van der Waals surface area contributed by atoms with Gasteiger partial charge in [-0.1, -0.05) is 6.07 Å². The van der Waals surface area contributed by atoms with E-state index in [1.54, 1.807) is 19.3 Å². The van der Waals surface area contributed by atoms with Crippen LogP contribution in [0.5, 0.6) is 0 Å². The number of aromatic nitrogens is 2. The number of carbonyl (C=O) groups excluding carboxylic acids is 1. The lowest BCUT2D eigenvalue weighted by Crippen LogP contribution is -2.40. The van der Waals surface area contributed by atoms with Gasteiger partial charge in [-0.05, 0) is 31.9 Å². The first kappa shape index (κ1) is 16.6. The van der Waals surface area contributed by atoms with Crippen LogP contribution in [0.25, 0.3) is 0 Å². The highest BCUT2D eigenvalue weighted by Gasteiger charge is 2.32. The first-order valence-electron chi connectivity index (χ1n) is 8.37. The molecule has 1 saturated heterocycles. The predicted octanol–water partition coefficient (Wildman–Crippen LogP) is 2.56. The zero-order chi connectivity index (χ0) is 17.1. The van der Waals surface area contributed by atoms with Crippen molar-refractivity contribution >= 4 is 5.91 Å². The molecule has 0 aliphatic carbocycles. The topological polar surface area (TPSA) is 62.5 Å². The van der Waals surface area contributed by atoms with Crippen LogP contribution in [0, 0.1) is 6.92 Å². The Kier molecular flexibility index (Phi) is 4.94. The zero-order valence-corrected chi connectivity index (χ0v) is 14.5. The van der Waals surface area contributed by atoms with Gasteiger partial charge in [0.05, 0.1) is 12.7 Å². The summed E-state index contributed by atoms with van der Waals surface area (Å²) < 4.78 is 5.54. The molecule has 0 bridgehead atoms. The standard InChI is InChI=1S/C18H24N4O2/c1-13-9-20-18(24-13)12-22(15(3)23)17-6-8-21(11-17)14(2)16-5-4-7-19-10-16/h4-5,7,9-10,14,17H,6,8,11-12H2,1-3H3/t14-,17+/m1/s1. The molecular weight excluding hydrogens is 304 g/mol. The Bertz CT molecular complexity index is 685. The number of aryl methyl sites for hydroxylation is 1. The Morgan fingerprint density at radius 1 is 1.50 bits per heavy atom. The molecule has 0 N–H and O–H groups in total. The third-order valence-corrected chi connectivity index (χ3v) is 4.73. The molecule has 6 heteroatoms. The number of nitrogens with zero attached hydrogens (tertiary/aromatic N) is 4. The predicted molar refractivity (Wildman–Crippen MR) is 90.1 cm³/mol. The van der Waals surface area contributed by atoms with E-state index >= 15 is 0 Å². The van der Waals surface area contributed by atoms with Crippen molar-refractivity contribution in [2.75, 3.05) is 13.1 Å². The highest BCUT2D eigenvalue weighted by Crippen LogP contribution is 2.27. The van der Waals surface area contributed by atoms with Crippen molar-refractivity contribution < 1.29 is 9.21 Å². The summed E-state index contributed by atoms with van der Waals surface area (Å²) in [6.45, 7) is 7.92. The van der Waals surface area contributed by atoms with Gasteiger partial charge in [-0.2, -0.15) is 0 Å². The Balaban J connectivity index is 1.67. The van der Waals surface area contributed by atoms with E-state index in [0.29, 0.717) is 18.5 Å². The zero-order valence-electron chi connectivity index (χ0n) is 14.5. The molecule has 2 aromatic heterocycles. The molecular formula is C18H24N4O2. The maximum Gasteiger partial charge on any atom is 0.220 e. The molecule has 2 aromatic rings. The van der Waals surface area contributed by atoms with Gasteiger partial charge in [-0.25, -0.2) is 4.98 Å². The van der Waals surface area contributed by atoms with Gasteiger partial charge in [0.25, 0.3) is 0 Å². The molecule has 1 fully saturated rings. The van der Waals surface area contributed by atoms with E-state index in [9.17, 15) is 4.79 Å². The van der Waals surface area contributed by atoms with Gasteiger partial charge in [0, 0.05) is 44.5 Å². The van der Waals surface area contributed by atoms with E-state index in [1.807, 2.05) is 24.1 Å². The second kappa shape index (κ2) is 7.13. The lowest BCUT2D eigenvalue weighted by atomic mass is 10.1. The van der Waals surface area contributed by atoms with Crippen LogP contribution in [0.4, 0.5) is 0 Å². The molecule has 0 saturated carbocycles. The van der Waals surface area contributed by atoms with Crippen molar-refractivity contribution in [2.45, 2.75) is 45.8 Å².